The second kappa shape index (κ2) is 14.3. The average Bonchev–Trinajstić information content (AvgIpc) is 2.88. The highest BCUT2D eigenvalue weighted by atomic mass is 16.6. The van der Waals surface area contributed by atoms with E-state index < -0.39 is 59.9 Å². The van der Waals surface area contributed by atoms with Crippen LogP contribution in [0.3, 0.4) is 0 Å². The molecule has 234 valence electrons. The first kappa shape index (κ1) is 33.3. The molecule has 1 aromatic carbocycles. The summed E-state index contributed by atoms with van der Waals surface area (Å²) in [5, 5.41) is 19.3. The van der Waals surface area contributed by atoms with Gasteiger partial charge in [0.25, 0.3) is 0 Å². The van der Waals surface area contributed by atoms with Crippen LogP contribution in [0.25, 0.3) is 0 Å². The number of ether oxygens (including phenoxy) is 3. The monoisotopic (exact) mass is 598 g/mol. The number of carbonyl (C=O) groups excluding carboxylic acids is 4. The van der Waals surface area contributed by atoms with E-state index in [9.17, 15) is 24.3 Å². The van der Waals surface area contributed by atoms with E-state index >= 15 is 0 Å². The maximum Gasteiger partial charge on any atom is 0.409 e. The first-order valence-electron chi connectivity index (χ1n) is 14.2. The molecule has 0 aromatic heterocycles. The summed E-state index contributed by atoms with van der Waals surface area (Å²) in [6.07, 6.45) is 3.87. The van der Waals surface area contributed by atoms with Gasteiger partial charge in [0.05, 0.1) is 12.3 Å². The Morgan fingerprint density at radius 1 is 1.21 bits per heavy atom. The van der Waals surface area contributed by atoms with Gasteiger partial charge in [0, 0.05) is 30.8 Å². The summed E-state index contributed by atoms with van der Waals surface area (Å²) in [7, 11) is 1.43. The molecule has 0 spiro atoms. The topological polar surface area (TPSA) is 178 Å². The number of allylic oxidation sites excluding steroid dienone is 3. The van der Waals surface area contributed by atoms with E-state index in [1.807, 2.05) is 13.0 Å². The fourth-order valence-electron chi connectivity index (χ4n) is 5.02. The van der Waals surface area contributed by atoms with E-state index in [1.165, 1.54) is 7.11 Å². The van der Waals surface area contributed by atoms with Crippen molar-refractivity contribution in [3.05, 3.63) is 59.2 Å². The highest BCUT2D eigenvalue weighted by molar-refractivity contribution is 5.94. The summed E-state index contributed by atoms with van der Waals surface area (Å²) >= 11 is 0. The van der Waals surface area contributed by atoms with Gasteiger partial charge in [-0.2, -0.15) is 0 Å². The van der Waals surface area contributed by atoms with Crippen molar-refractivity contribution in [2.75, 3.05) is 17.7 Å². The Hall–Kier alpha value is -4.16. The second-order valence-electron chi connectivity index (χ2n) is 11.4. The lowest BCUT2D eigenvalue weighted by molar-refractivity contribution is -0.151. The van der Waals surface area contributed by atoms with E-state index in [-0.39, 0.29) is 12.8 Å². The molecule has 3 rings (SSSR count). The third-order valence-electron chi connectivity index (χ3n) is 7.23. The molecule has 2 aliphatic rings. The van der Waals surface area contributed by atoms with Gasteiger partial charge in [-0.1, -0.05) is 50.6 Å². The van der Waals surface area contributed by atoms with Gasteiger partial charge in [-0.15, -0.1) is 0 Å². The van der Waals surface area contributed by atoms with Crippen molar-refractivity contribution in [3.8, 4) is 0 Å². The lowest BCUT2D eigenvalue weighted by Gasteiger charge is -2.41. The Balaban J connectivity index is 2.09. The van der Waals surface area contributed by atoms with Crippen LogP contribution < -0.4 is 21.7 Å². The van der Waals surface area contributed by atoms with Gasteiger partial charge in [0.2, 0.25) is 5.91 Å². The van der Waals surface area contributed by atoms with Crippen molar-refractivity contribution in [2.45, 2.75) is 77.9 Å². The Bertz CT molecular complexity index is 1320. The fourth-order valence-corrected chi connectivity index (χ4v) is 5.02. The fraction of sp³-hybridized carbons (Fsp3) is 0.484. The number of hydrogen-bond acceptors (Lipinski definition) is 8. The lowest BCUT2D eigenvalue weighted by atomic mass is 9.89. The number of fused-ring (bicyclic) bond motifs is 4. The lowest BCUT2D eigenvalue weighted by Crippen LogP contribution is -2.63. The minimum atomic E-state index is -1.76. The van der Waals surface area contributed by atoms with Crippen LogP contribution in [0.15, 0.2) is 53.6 Å². The smallest absolute Gasteiger partial charge is 0.409 e. The number of primary amides is 1. The van der Waals surface area contributed by atoms with Gasteiger partial charge in [-0.3, -0.25) is 14.9 Å². The SMILES string of the molecule is CO[C@@H]1/C=C/C=C(\C)Cc2cc(NC(N)=O)cc(c2)NC(=O)C[C@H](OC(=O)C(C)C)/C(C)=C/[C@H](C)[C@@H]2C[C@@]1(O)NC(=O)O2. The predicted molar refractivity (Wildman–Crippen MR) is 161 cm³/mol. The van der Waals surface area contributed by atoms with E-state index in [0.717, 1.165) is 11.1 Å². The summed E-state index contributed by atoms with van der Waals surface area (Å²) < 4.78 is 16.8. The number of rotatable bonds is 4. The zero-order valence-electron chi connectivity index (χ0n) is 25.4. The molecule has 4 bridgehead atoms. The molecule has 1 saturated heterocycles. The zero-order valence-corrected chi connectivity index (χ0v) is 25.4. The number of benzene rings is 1. The zero-order chi connectivity index (χ0) is 31.9. The Morgan fingerprint density at radius 2 is 1.93 bits per heavy atom. The number of aliphatic hydroxyl groups is 1. The van der Waals surface area contributed by atoms with Crippen LogP contribution in [0.2, 0.25) is 0 Å². The van der Waals surface area contributed by atoms with Gasteiger partial charge < -0.3 is 35.7 Å². The van der Waals surface area contributed by atoms with Crippen molar-refractivity contribution >= 4 is 35.4 Å². The van der Waals surface area contributed by atoms with Crippen LogP contribution in [0.5, 0.6) is 0 Å². The maximum absolute atomic E-state index is 13.3. The maximum atomic E-state index is 13.3. The molecule has 0 radical (unpaired) electrons. The van der Waals surface area contributed by atoms with E-state index in [0.29, 0.717) is 23.4 Å². The number of methoxy groups -OCH3 is 1. The molecule has 0 unspecified atom stereocenters. The van der Waals surface area contributed by atoms with Gasteiger partial charge in [-0.05, 0) is 49.6 Å². The molecule has 5 atom stereocenters. The second-order valence-corrected chi connectivity index (χ2v) is 11.4. The van der Waals surface area contributed by atoms with Crippen molar-refractivity contribution in [3.63, 3.8) is 0 Å². The summed E-state index contributed by atoms with van der Waals surface area (Å²) in [6, 6.07) is 4.34. The number of hydrogen-bond donors (Lipinski definition) is 5. The average molecular weight is 599 g/mol. The summed E-state index contributed by atoms with van der Waals surface area (Å²) in [5.41, 5.74) is 6.64. The first-order valence-corrected chi connectivity index (χ1v) is 14.2. The molecule has 12 nitrogen and oxygen atoms in total. The molecular formula is C31H42N4O8. The number of amides is 4. The highest BCUT2D eigenvalue weighted by Crippen LogP contribution is 2.30. The number of nitrogens with one attached hydrogen (secondary N) is 3. The van der Waals surface area contributed by atoms with Crippen molar-refractivity contribution < 1.29 is 38.5 Å². The van der Waals surface area contributed by atoms with Crippen LogP contribution in [-0.2, 0) is 30.2 Å². The third kappa shape index (κ3) is 9.42. The molecule has 4 amide bonds. The van der Waals surface area contributed by atoms with Crippen molar-refractivity contribution in [2.24, 2.45) is 17.6 Å². The summed E-state index contributed by atoms with van der Waals surface area (Å²) in [4.78, 5) is 49.9. The van der Waals surface area contributed by atoms with Gasteiger partial charge in [0.15, 0.2) is 5.72 Å². The van der Waals surface area contributed by atoms with Crippen LogP contribution in [-0.4, -0.2) is 60.3 Å². The van der Waals surface area contributed by atoms with E-state index in [2.05, 4.69) is 16.0 Å². The standard InChI is InChI=1S/C31H42N4O8/c1-17(2)28(37)42-24-15-27(36)33-22-12-21(13-23(14-22)34-29(32)38)10-18(3)8-7-9-26(41-6)31(40)16-25(43-30(39)35-31)20(5)11-19(24)4/h7-9,11-14,17,20,24-26,40H,10,15-16H2,1-6H3,(H,33,36)(H,35,39)(H3,32,34,38)/b9-7+,18-8+,19-11+/t20-,24-,25-,26+,31-/m0/s1. The van der Waals surface area contributed by atoms with E-state index in [4.69, 9.17) is 19.9 Å². The van der Waals surface area contributed by atoms with Crippen LogP contribution >= 0.6 is 0 Å². The molecule has 2 heterocycles. The molecule has 1 aromatic rings. The predicted octanol–water partition coefficient (Wildman–Crippen LogP) is 3.92. The number of carbonyl (C=O) groups is 4. The number of anilines is 2. The first-order chi connectivity index (χ1) is 20.2. The Kier molecular flexibility index (Phi) is 11.1. The molecule has 12 heteroatoms. The molecular weight excluding hydrogens is 556 g/mol. The van der Waals surface area contributed by atoms with Crippen molar-refractivity contribution in [1.29, 1.82) is 0 Å². The van der Waals surface area contributed by atoms with Crippen LogP contribution in [0, 0.1) is 11.8 Å². The number of nitrogens with two attached hydrogens (primary N) is 1. The third-order valence-corrected chi connectivity index (χ3v) is 7.23. The van der Waals surface area contributed by atoms with Gasteiger partial charge in [0.1, 0.15) is 18.3 Å². The molecule has 0 saturated carbocycles. The molecule has 0 aliphatic carbocycles. The number of urea groups is 1. The minimum absolute atomic E-state index is 0.00758. The highest BCUT2D eigenvalue weighted by Gasteiger charge is 2.46. The number of alkyl carbamates (subject to hydrolysis) is 1. The Morgan fingerprint density at radius 3 is 2.58 bits per heavy atom. The van der Waals surface area contributed by atoms with Crippen LogP contribution in [0.1, 0.15) is 53.0 Å². The van der Waals surface area contributed by atoms with Crippen molar-refractivity contribution in [1.82, 2.24) is 5.32 Å². The summed E-state index contributed by atoms with van der Waals surface area (Å²) in [5.74, 6) is -1.76. The van der Waals surface area contributed by atoms with Gasteiger partial charge >= 0.3 is 18.1 Å². The van der Waals surface area contributed by atoms with E-state index in [1.54, 1.807) is 64.1 Å². The molecule has 1 fully saturated rings. The quantitative estimate of drug-likeness (QED) is 0.256. The molecule has 43 heavy (non-hydrogen) atoms. The minimum Gasteiger partial charge on any atom is -0.457 e. The largest absolute Gasteiger partial charge is 0.457 e. The molecule has 2 aliphatic heterocycles. The summed E-state index contributed by atoms with van der Waals surface area (Å²) in [6.45, 7) is 8.81. The van der Waals surface area contributed by atoms with Crippen LogP contribution in [0.4, 0.5) is 21.0 Å². The van der Waals surface area contributed by atoms with Gasteiger partial charge in [-0.25, -0.2) is 9.59 Å². The number of esters is 1. The molecule has 6 N–H and O–H groups in total. The Labute approximate surface area is 251 Å². The normalized spacial score (nSPS) is 30.0.